The molecule has 0 spiro atoms. The number of nitrogens with zero attached hydrogens (tertiary/aromatic N) is 2. The van der Waals surface area contributed by atoms with Crippen LogP contribution in [-0.2, 0) is 10.0 Å². The van der Waals surface area contributed by atoms with E-state index in [-0.39, 0.29) is 4.90 Å². The Hall–Kier alpha value is -2.60. The molecule has 1 aromatic heterocycles. The topological polar surface area (TPSA) is 64.0 Å². The van der Waals surface area contributed by atoms with Crippen molar-refractivity contribution in [1.29, 1.82) is 0 Å². The van der Waals surface area contributed by atoms with Crippen LogP contribution >= 0.6 is 0 Å². The van der Waals surface area contributed by atoms with Gasteiger partial charge in [-0.25, -0.2) is 13.1 Å². The van der Waals surface area contributed by atoms with E-state index in [0.717, 1.165) is 16.8 Å². The van der Waals surface area contributed by atoms with Gasteiger partial charge >= 0.3 is 0 Å². The molecule has 0 saturated carbocycles. The van der Waals surface area contributed by atoms with E-state index in [4.69, 9.17) is 0 Å². The number of aryl methyl sites for hydroxylation is 3. The van der Waals surface area contributed by atoms with Crippen molar-refractivity contribution in [2.75, 3.05) is 4.72 Å². The second kappa shape index (κ2) is 6.37. The standard InChI is InChI=1S/C19H21N3O2S/c1-13-9-11-17(12-10-13)22-16(4)19(15(3)20-22)25(23,24)21-18-8-6-5-7-14(18)2/h5-12,21H,1-4H3. The van der Waals surface area contributed by atoms with Gasteiger partial charge in [0.1, 0.15) is 4.90 Å². The van der Waals surface area contributed by atoms with Gasteiger partial charge in [0, 0.05) is 0 Å². The van der Waals surface area contributed by atoms with Crippen molar-refractivity contribution in [2.45, 2.75) is 32.6 Å². The highest BCUT2D eigenvalue weighted by atomic mass is 32.2. The van der Waals surface area contributed by atoms with Gasteiger partial charge in [-0.3, -0.25) is 4.72 Å². The van der Waals surface area contributed by atoms with Crippen LogP contribution in [0.5, 0.6) is 0 Å². The van der Waals surface area contributed by atoms with E-state index in [1.807, 2.05) is 50.2 Å². The van der Waals surface area contributed by atoms with Crippen LogP contribution in [-0.4, -0.2) is 18.2 Å². The minimum absolute atomic E-state index is 0.219. The van der Waals surface area contributed by atoms with E-state index in [9.17, 15) is 8.42 Å². The molecule has 130 valence electrons. The molecular weight excluding hydrogens is 334 g/mol. The highest BCUT2D eigenvalue weighted by Gasteiger charge is 2.25. The Bertz CT molecular complexity index is 1020. The van der Waals surface area contributed by atoms with E-state index in [2.05, 4.69) is 9.82 Å². The lowest BCUT2D eigenvalue weighted by Crippen LogP contribution is -2.15. The van der Waals surface area contributed by atoms with Gasteiger partial charge < -0.3 is 0 Å². The number of nitrogens with one attached hydrogen (secondary N) is 1. The van der Waals surface area contributed by atoms with E-state index in [0.29, 0.717) is 17.1 Å². The molecule has 0 aliphatic carbocycles. The van der Waals surface area contributed by atoms with Crippen molar-refractivity contribution >= 4 is 15.7 Å². The Morgan fingerprint density at radius 1 is 0.920 bits per heavy atom. The first-order valence-corrected chi connectivity index (χ1v) is 9.49. The third-order valence-corrected chi connectivity index (χ3v) is 5.78. The SMILES string of the molecule is Cc1ccc(-n2nc(C)c(S(=O)(=O)Nc3ccccc3C)c2C)cc1. The van der Waals surface area contributed by atoms with Gasteiger partial charge in [-0.1, -0.05) is 35.9 Å². The molecule has 5 nitrogen and oxygen atoms in total. The van der Waals surface area contributed by atoms with Crippen LogP contribution < -0.4 is 4.72 Å². The van der Waals surface area contributed by atoms with Crippen molar-refractivity contribution in [3.63, 3.8) is 0 Å². The molecule has 0 unspecified atom stereocenters. The maximum Gasteiger partial charge on any atom is 0.265 e. The zero-order valence-corrected chi connectivity index (χ0v) is 15.6. The molecule has 3 aromatic rings. The number of para-hydroxylation sites is 1. The third kappa shape index (κ3) is 3.30. The zero-order chi connectivity index (χ0) is 18.2. The molecule has 0 atom stereocenters. The molecule has 0 saturated heterocycles. The summed E-state index contributed by atoms with van der Waals surface area (Å²) in [6, 6.07) is 15.1. The summed E-state index contributed by atoms with van der Waals surface area (Å²) in [5.74, 6) is 0. The Morgan fingerprint density at radius 2 is 1.56 bits per heavy atom. The molecule has 0 bridgehead atoms. The summed E-state index contributed by atoms with van der Waals surface area (Å²) in [6.07, 6.45) is 0. The number of sulfonamides is 1. The summed E-state index contributed by atoms with van der Waals surface area (Å²) >= 11 is 0. The van der Waals surface area contributed by atoms with Crippen LogP contribution in [0.3, 0.4) is 0 Å². The van der Waals surface area contributed by atoms with Gasteiger partial charge in [-0.2, -0.15) is 5.10 Å². The molecule has 25 heavy (non-hydrogen) atoms. The number of hydrogen-bond acceptors (Lipinski definition) is 3. The molecule has 3 rings (SSSR count). The summed E-state index contributed by atoms with van der Waals surface area (Å²) in [5, 5.41) is 4.44. The van der Waals surface area contributed by atoms with Crippen LogP contribution in [0.1, 0.15) is 22.5 Å². The van der Waals surface area contributed by atoms with Crippen molar-refractivity contribution in [1.82, 2.24) is 9.78 Å². The van der Waals surface area contributed by atoms with Gasteiger partial charge in [0.05, 0.1) is 22.8 Å². The summed E-state index contributed by atoms with van der Waals surface area (Å²) in [5.41, 5.74) is 4.47. The van der Waals surface area contributed by atoms with Crippen LogP contribution in [0.25, 0.3) is 5.69 Å². The van der Waals surface area contributed by atoms with E-state index in [1.165, 1.54) is 0 Å². The van der Waals surface area contributed by atoms with Gasteiger partial charge in [0.15, 0.2) is 0 Å². The molecule has 1 heterocycles. The van der Waals surface area contributed by atoms with Crippen LogP contribution in [0.4, 0.5) is 5.69 Å². The van der Waals surface area contributed by atoms with Crippen molar-refractivity contribution < 1.29 is 8.42 Å². The molecule has 0 radical (unpaired) electrons. The Morgan fingerprint density at radius 3 is 2.20 bits per heavy atom. The predicted molar refractivity (Wildman–Crippen MR) is 99.8 cm³/mol. The molecule has 0 aliphatic rings. The minimum atomic E-state index is -3.73. The number of hydrogen-bond donors (Lipinski definition) is 1. The molecule has 0 aliphatic heterocycles. The normalized spacial score (nSPS) is 11.5. The quantitative estimate of drug-likeness (QED) is 0.772. The van der Waals surface area contributed by atoms with Crippen molar-refractivity contribution in [2.24, 2.45) is 0 Å². The number of benzene rings is 2. The summed E-state index contributed by atoms with van der Waals surface area (Å²) in [7, 11) is -3.73. The third-order valence-electron chi connectivity index (χ3n) is 4.16. The minimum Gasteiger partial charge on any atom is -0.279 e. The smallest absolute Gasteiger partial charge is 0.265 e. The van der Waals surface area contributed by atoms with Gasteiger partial charge in [-0.15, -0.1) is 0 Å². The maximum absolute atomic E-state index is 12.9. The first-order chi connectivity index (χ1) is 11.8. The lowest BCUT2D eigenvalue weighted by Gasteiger charge is -2.11. The first-order valence-electron chi connectivity index (χ1n) is 8.01. The van der Waals surface area contributed by atoms with Crippen LogP contribution in [0.2, 0.25) is 0 Å². The number of rotatable bonds is 4. The van der Waals surface area contributed by atoms with Gasteiger partial charge in [0.25, 0.3) is 10.0 Å². The Labute approximate surface area is 148 Å². The highest BCUT2D eigenvalue weighted by molar-refractivity contribution is 7.92. The average molecular weight is 355 g/mol. The molecule has 0 amide bonds. The van der Waals surface area contributed by atoms with Gasteiger partial charge in [0.2, 0.25) is 0 Å². The van der Waals surface area contributed by atoms with Crippen molar-refractivity contribution in [3.8, 4) is 5.69 Å². The molecule has 1 N–H and O–H groups in total. The number of aromatic nitrogens is 2. The maximum atomic E-state index is 12.9. The molecule has 6 heteroatoms. The monoisotopic (exact) mass is 355 g/mol. The second-order valence-electron chi connectivity index (χ2n) is 6.17. The Balaban J connectivity index is 2.05. The van der Waals surface area contributed by atoms with Crippen molar-refractivity contribution in [3.05, 3.63) is 71.0 Å². The largest absolute Gasteiger partial charge is 0.279 e. The Kier molecular flexibility index (Phi) is 4.39. The van der Waals surface area contributed by atoms with Crippen LogP contribution in [0.15, 0.2) is 53.4 Å². The lowest BCUT2D eigenvalue weighted by molar-refractivity contribution is 0.600. The summed E-state index contributed by atoms with van der Waals surface area (Å²) in [6.45, 7) is 7.36. The molecular formula is C19H21N3O2S. The zero-order valence-electron chi connectivity index (χ0n) is 14.7. The average Bonchev–Trinajstić information content (AvgIpc) is 2.85. The summed E-state index contributed by atoms with van der Waals surface area (Å²) < 4.78 is 30.2. The van der Waals surface area contributed by atoms with Crippen LogP contribution in [0, 0.1) is 27.7 Å². The fraction of sp³-hybridized carbons (Fsp3) is 0.211. The highest BCUT2D eigenvalue weighted by Crippen LogP contribution is 2.26. The second-order valence-corrected chi connectivity index (χ2v) is 7.79. The predicted octanol–water partition coefficient (Wildman–Crippen LogP) is 3.91. The lowest BCUT2D eigenvalue weighted by atomic mass is 10.2. The summed E-state index contributed by atoms with van der Waals surface area (Å²) in [4.78, 5) is 0.219. The fourth-order valence-electron chi connectivity index (χ4n) is 2.84. The molecule has 0 fully saturated rings. The van der Waals surface area contributed by atoms with Gasteiger partial charge in [-0.05, 0) is 51.5 Å². The van der Waals surface area contributed by atoms with E-state index in [1.54, 1.807) is 30.7 Å². The van der Waals surface area contributed by atoms with E-state index < -0.39 is 10.0 Å². The van der Waals surface area contributed by atoms with E-state index >= 15 is 0 Å². The number of anilines is 1. The first kappa shape index (κ1) is 17.2. The molecule has 2 aromatic carbocycles. The fourth-order valence-corrected chi connectivity index (χ4v) is 4.36.